The third-order valence-electron chi connectivity index (χ3n) is 17.9. The summed E-state index contributed by atoms with van der Waals surface area (Å²) in [5, 5.41) is 5.08. The van der Waals surface area contributed by atoms with E-state index in [0.717, 1.165) is 128 Å². The highest BCUT2D eigenvalue weighted by Crippen LogP contribution is 2.64. The standard InChI is InChI=1S/C42H27O3P.C42H27O2PS.CH4/c43-46-38-23-21-32(28-13-5-1-6-14-28)25-36(38)44-40-34(30-17-9-3-10-18-30)27-35(31-19-11-4-12-20-31)41(42(40)46)45-37-26-33(22-24-39(37)46)29-15-7-2-8-16-29;46-45-38-23-21-32(28-13-5-1-6-14-28)25-36(38)43-40-34(30-17-9-3-10-18-30)27-35(31-19-11-4-12-20-31)41(42(40)45)44-37-26-33(22-24-39(37)45)29-15-7-2-8-16-29;/h2*1-27H;1H4. The van der Waals surface area contributed by atoms with E-state index < -0.39 is 13.2 Å². The zero-order valence-electron chi connectivity index (χ0n) is 49.5. The molecule has 93 heavy (non-hydrogen) atoms. The third-order valence-corrected chi connectivity index (χ3v) is 25.8. The largest absolute Gasteiger partial charge is 0.455 e. The quantitative estimate of drug-likeness (QED) is 0.141. The van der Waals surface area contributed by atoms with Crippen LogP contribution in [0, 0.1) is 0 Å². The van der Waals surface area contributed by atoms with Gasteiger partial charge in [-0.1, -0.05) is 286 Å². The molecule has 0 radical (unpaired) electrons. The molecule has 4 aliphatic rings. The number of benzene rings is 14. The molecule has 0 saturated heterocycles. The highest BCUT2D eigenvalue weighted by atomic mass is 32.4. The molecule has 5 nitrogen and oxygen atoms in total. The molecular weight excluding hydrogens is 1190 g/mol. The van der Waals surface area contributed by atoms with E-state index in [9.17, 15) is 0 Å². The lowest BCUT2D eigenvalue weighted by molar-refractivity contribution is 0.464. The minimum Gasteiger partial charge on any atom is -0.455 e. The molecule has 0 amide bonds. The predicted molar refractivity (Wildman–Crippen MR) is 389 cm³/mol. The van der Waals surface area contributed by atoms with E-state index in [1.807, 2.05) is 121 Å². The topological polar surface area (TPSA) is 54.0 Å². The van der Waals surface area contributed by atoms with Crippen LogP contribution in [-0.4, -0.2) is 0 Å². The normalized spacial score (nSPS) is 13.2. The van der Waals surface area contributed by atoms with Crippen molar-refractivity contribution >= 4 is 56.8 Å². The molecule has 14 aromatic carbocycles. The van der Waals surface area contributed by atoms with Crippen molar-refractivity contribution in [3.8, 4) is 135 Å². The third kappa shape index (κ3) is 9.68. The lowest BCUT2D eigenvalue weighted by Gasteiger charge is -2.39. The van der Waals surface area contributed by atoms with Gasteiger partial charge in [0.1, 0.15) is 51.3 Å². The Morgan fingerprint density at radius 2 is 0.441 bits per heavy atom. The van der Waals surface area contributed by atoms with E-state index in [0.29, 0.717) is 38.9 Å². The summed E-state index contributed by atoms with van der Waals surface area (Å²) in [6.07, 6.45) is 0. The van der Waals surface area contributed by atoms with Crippen molar-refractivity contribution in [3.05, 3.63) is 328 Å². The molecule has 14 aromatic rings. The summed E-state index contributed by atoms with van der Waals surface area (Å²) in [7, 11) is -3.48. The molecule has 8 heteroatoms. The predicted octanol–water partition coefficient (Wildman–Crippen LogP) is 21.2. The molecule has 0 bridgehead atoms. The van der Waals surface area contributed by atoms with Gasteiger partial charge in [-0.2, -0.15) is 0 Å². The van der Waals surface area contributed by atoms with Crippen LogP contribution < -0.4 is 50.8 Å². The summed E-state index contributed by atoms with van der Waals surface area (Å²) in [6.45, 7) is 0. The summed E-state index contributed by atoms with van der Waals surface area (Å²) in [4.78, 5) is 0. The Morgan fingerprint density at radius 1 is 0.226 bits per heavy atom. The molecule has 18 rings (SSSR count). The van der Waals surface area contributed by atoms with Crippen LogP contribution in [0.15, 0.2) is 328 Å². The minimum absolute atomic E-state index is 0. The fourth-order valence-corrected chi connectivity index (χ4v) is 20.9. The molecule has 4 heterocycles. The van der Waals surface area contributed by atoms with Crippen LogP contribution in [0.2, 0.25) is 0 Å². The average Bonchev–Trinajstić information content (AvgIpc) is 0.697. The van der Waals surface area contributed by atoms with E-state index in [2.05, 4.69) is 206 Å². The molecule has 0 spiro atoms. The smallest absolute Gasteiger partial charge is 0.185 e. The van der Waals surface area contributed by atoms with Gasteiger partial charge >= 0.3 is 0 Å². The van der Waals surface area contributed by atoms with Gasteiger partial charge in [0, 0.05) is 32.9 Å². The summed E-state index contributed by atoms with van der Waals surface area (Å²) in [6, 6.07) is 109. The SMILES string of the molecule is C.O=P12c3ccc(-c4ccccc4)cc3Oc3c(-c4ccccc4)cc(-c4ccccc4)c(c31)Oc1cc(-c3ccccc3)ccc12.S=P12c3ccc(-c4ccccc4)cc3Oc3c(-c4ccccc4)cc(-c4ccccc4)c(c31)Oc1cc(-c3ccccc3)ccc12. The number of rotatable bonds is 8. The van der Waals surface area contributed by atoms with E-state index in [1.54, 1.807) is 0 Å². The molecular formula is C85H58O5P2S. The minimum atomic E-state index is -3.48. The van der Waals surface area contributed by atoms with Gasteiger partial charge in [0.05, 0.1) is 22.0 Å². The van der Waals surface area contributed by atoms with Gasteiger partial charge in [-0.15, -0.1) is 0 Å². The molecule has 4 aliphatic heterocycles. The van der Waals surface area contributed by atoms with Gasteiger partial charge in [0.2, 0.25) is 0 Å². The average molecular weight is 1250 g/mol. The Labute approximate surface area is 546 Å². The number of fused-ring (bicyclic) bond motifs is 8. The van der Waals surface area contributed by atoms with Gasteiger partial charge in [-0.05, 0) is 127 Å². The number of hydrogen-bond donors (Lipinski definition) is 0. The van der Waals surface area contributed by atoms with Gasteiger partial charge in [-0.3, -0.25) is 0 Å². The Hall–Kier alpha value is -10.8. The van der Waals surface area contributed by atoms with Crippen LogP contribution in [0.25, 0.3) is 89.0 Å². The molecule has 0 atom stereocenters. The van der Waals surface area contributed by atoms with Crippen molar-refractivity contribution in [2.45, 2.75) is 7.43 Å². The molecule has 0 aliphatic carbocycles. The Morgan fingerprint density at radius 3 is 0.699 bits per heavy atom. The molecule has 0 fully saturated rings. The van der Waals surface area contributed by atoms with Crippen LogP contribution in [-0.2, 0) is 16.4 Å². The first-order valence-corrected chi connectivity index (χ1v) is 35.2. The van der Waals surface area contributed by atoms with Crippen molar-refractivity contribution in [1.29, 1.82) is 0 Å². The second kappa shape index (κ2) is 23.4. The second-order valence-corrected chi connectivity index (χ2v) is 30.1. The lowest BCUT2D eigenvalue weighted by Crippen LogP contribution is -2.35. The molecule has 0 N–H and O–H groups in total. The highest BCUT2D eigenvalue weighted by Gasteiger charge is 2.49. The number of hydrogen-bond acceptors (Lipinski definition) is 6. The Bertz CT molecular complexity index is 4650. The van der Waals surface area contributed by atoms with Crippen molar-refractivity contribution in [3.63, 3.8) is 0 Å². The van der Waals surface area contributed by atoms with Crippen molar-refractivity contribution in [2.75, 3.05) is 0 Å². The molecule has 0 aromatic heterocycles. The van der Waals surface area contributed by atoms with Crippen LogP contribution in [0.5, 0.6) is 46.0 Å². The number of ether oxygens (including phenoxy) is 4. The van der Waals surface area contributed by atoms with Crippen LogP contribution in [0.1, 0.15) is 7.43 Å². The first kappa shape index (κ1) is 57.3. The fourth-order valence-electron chi connectivity index (χ4n) is 13.4. The van der Waals surface area contributed by atoms with Gasteiger partial charge in [-0.25, -0.2) is 0 Å². The van der Waals surface area contributed by atoms with Gasteiger partial charge in [0.25, 0.3) is 0 Å². The monoisotopic (exact) mass is 1250 g/mol. The highest BCUT2D eigenvalue weighted by molar-refractivity contribution is 8.26. The maximum absolute atomic E-state index is 16.2. The zero-order chi connectivity index (χ0) is 61.3. The van der Waals surface area contributed by atoms with Gasteiger partial charge < -0.3 is 23.5 Å². The Balaban J connectivity index is 0.000000146. The first-order chi connectivity index (χ1) is 45.4. The lowest BCUT2D eigenvalue weighted by atomic mass is 9.96. The van der Waals surface area contributed by atoms with Crippen LogP contribution in [0.4, 0.5) is 0 Å². The first-order valence-electron chi connectivity index (χ1n) is 30.7. The Kier molecular flexibility index (Phi) is 14.4. The van der Waals surface area contributed by atoms with Crippen LogP contribution in [0.3, 0.4) is 0 Å². The molecule has 444 valence electrons. The van der Waals surface area contributed by atoms with Crippen molar-refractivity contribution in [2.24, 2.45) is 0 Å². The molecule has 0 unspecified atom stereocenters. The summed E-state index contributed by atoms with van der Waals surface area (Å²) in [5.41, 5.74) is 16.5. The summed E-state index contributed by atoms with van der Waals surface area (Å²) in [5.74, 6) is 5.58. The molecule has 0 saturated carbocycles. The summed E-state index contributed by atoms with van der Waals surface area (Å²) < 4.78 is 44.0. The van der Waals surface area contributed by atoms with Crippen molar-refractivity contribution in [1.82, 2.24) is 0 Å². The van der Waals surface area contributed by atoms with E-state index in [1.165, 1.54) is 0 Å². The fraction of sp³-hybridized carbons (Fsp3) is 0.0118. The second-order valence-electron chi connectivity index (χ2n) is 23.2. The van der Waals surface area contributed by atoms with Gasteiger partial charge in [0.15, 0.2) is 7.14 Å². The van der Waals surface area contributed by atoms with E-state index in [-0.39, 0.29) is 7.43 Å². The maximum atomic E-state index is 16.2. The zero-order valence-corrected chi connectivity index (χ0v) is 52.1. The summed E-state index contributed by atoms with van der Waals surface area (Å²) >= 11 is 7.05. The van der Waals surface area contributed by atoms with E-state index >= 15 is 4.57 Å². The van der Waals surface area contributed by atoms with Crippen LogP contribution >= 0.6 is 13.2 Å². The van der Waals surface area contributed by atoms with Crippen molar-refractivity contribution < 1.29 is 23.5 Å². The van der Waals surface area contributed by atoms with E-state index in [4.69, 9.17) is 30.8 Å². The maximum Gasteiger partial charge on any atom is 0.185 e.